The SMILES string of the molecule is Cn1cnc(S(=O)(=O)N[C@H]2CC[C@@](F)(S(=O)(=O)c3cccc(C(F)(F)F)c3)CC2)c1. The van der Waals surface area contributed by atoms with Crippen LogP contribution in [0, 0.1) is 0 Å². The highest BCUT2D eigenvalue weighted by molar-refractivity contribution is 7.92. The summed E-state index contributed by atoms with van der Waals surface area (Å²) in [7, 11) is -7.10. The lowest BCUT2D eigenvalue weighted by Gasteiger charge is -2.33. The third kappa shape index (κ3) is 4.37. The van der Waals surface area contributed by atoms with Crippen molar-refractivity contribution in [3.63, 3.8) is 0 Å². The lowest BCUT2D eigenvalue weighted by atomic mass is 9.94. The van der Waals surface area contributed by atoms with Crippen molar-refractivity contribution >= 4 is 19.9 Å². The molecule has 30 heavy (non-hydrogen) atoms. The molecular formula is C17H19F4N3O4S2. The van der Waals surface area contributed by atoms with Crippen LogP contribution in [0.15, 0.2) is 46.7 Å². The van der Waals surface area contributed by atoms with Crippen LogP contribution in [0.5, 0.6) is 0 Å². The van der Waals surface area contributed by atoms with Gasteiger partial charge in [0.15, 0.2) is 5.03 Å². The van der Waals surface area contributed by atoms with Crippen LogP contribution in [-0.4, -0.2) is 37.4 Å². The molecule has 1 N–H and O–H groups in total. The zero-order valence-electron chi connectivity index (χ0n) is 15.7. The number of hydrogen-bond donors (Lipinski definition) is 1. The molecule has 1 saturated carbocycles. The fraction of sp³-hybridized carbons (Fsp3) is 0.471. The fourth-order valence-corrected chi connectivity index (χ4v) is 6.32. The first-order chi connectivity index (χ1) is 13.7. The van der Waals surface area contributed by atoms with Gasteiger partial charge in [0.25, 0.3) is 10.0 Å². The highest BCUT2D eigenvalue weighted by Gasteiger charge is 2.48. The Morgan fingerprint density at radius 1 is 1.17 bits per heavy atom. The summed E-state index contributed by atoms with van der Waals surface area (Å²) < 4.78 is 108. The van der Waals surface area contributed by atoms with Crippen molar-refractivity contribution in [1.29, 1.82) is 0 Å². The number of sulfonamides is 1. The molecule has 0 unspecified atom stereocenters. The largest absolute Gasteiger partial charge is 0.416 e. The molecule has 0 aliphatic heterocycles. The molecule has 0 amide bonds. The van der Waals surface area contributed by atoms with Crippen molar-refractivity contribution in [2.45, 2.75) is 52.8 Å². The molecule has 2 aromatic rings. The molecule has 0 saturated heterocycles. The Morgan fingerprint density at radius 3 is 2.33 bits per heavy atom. The van der Waals surface area contributed by atoms with E-state index in [1.54, 1.807) is 7.05 Å². The van der Waals surface area contributed by atoms with E-state index in [-0.39, 0.29) is 17.9 Å². The predicted molar refractivity (Wildman–Crippen MR) is 98.3 cm³/mol. The van der Waals surface area contributed by atoms with E-state index in [0.29, 0.717) is 12.1 Å². The number of rotatable bonds is 5. The number of imidazole rings is 1. The number of aryl methyl sites for hydroxylation is 1. The molecule has 0 spiro atoms. The van der Waals surface area contributed by atoms with Crippen molar-refractivity contribution < 1.29 is 34.4 Å². The Kier molecular flexibility index (Phi) is 5.75. The maximum atomic E-state index is 15.3. The van der Waals surface area contributed by atoms with Crippen molar-refractivity contribution in [3.05, 3.63) is 42.4 Å². The molecule has 0 atom stereocenters. The minimum atomic E-state index is -4.77. The lowest BCUT2D eigenvalue weighted by Crippen LogP contribution is -2.45. The number of hydrogen-bond acceptors (Lipinski definition) is 5. The van der Waals surface area contributed by atoms with E-state index in [9.17, 15) is 30.0 Å². The highest BCUT2D eigenvalue weighted by Crippen LogP contribution is 2.41. The Hall–Kier alpha value is -1.99. The second-order valence-corrected chi connectivity index (χ2v) is 11.1. The predicted octanol–water partition coefficient (Wildman–Crippen LogP) is 2.80. The van der Waals surface area contributed by atoms with Crippen LogP contribution in [0.4, 0.5) is 17.6 Å². The topological polar surface area (TPSA) is 98.1 Å². The molecule has 1 heterocycles. The number of halogens is 4. The number of alkyl halides is 4. The minimum absolute atomic E-state index is 0.138. The molecule has 0 bridgehead atoms. The summed E-state index contributed by atoms with van der Waals surface area (Å²) in [6.45, 7) is 0. The van der Waals surface area contributed by atoms with E-state index in [1.165, 1.54) is 17.1 Å². The van der Waals surface area contributed by atoms with Crippen LogP contribution in [0.25, 0.3) is 0 Å². The number of nitrogens with zero attached hydrogens (tertiary/aromatic N) is 2. The average molecular weight is 469 g/mol. The molecule has 7 nitrogen and oxygen atoms in total. The van der Waals surface area contributed by atoms with E-state index in [2.05, 4.69) is 9.71 Å². The van der Waals surface area contributed by atoms with E-state index < -0.39 is 60.4 Å². The molecule has 0 radical (unpaired) electrons. The lowest BCUT2D eigenvalue weighted by molar-refractivity contribution is -0.137. The van der Waals surface area contributed by atoms with Gasteiger partial charge in [-0.3, -0.25) is 0 Å². The second-order valence-electron chi connectivity index (χ2n) is 7.19. The molecule has 166 valence electrons. The summed E-state index contributed by atoms with van der Waals surface area (Å²) in [5.41, 5.74) is -1.19. The normalized spacial score (nSPS) is 23.4. The first-order valence-electron chi connectivity index (χ1n) is 8.86. The zero-order chi connectivity index (χ0) is 22.4. The number of nitrogens with one attached hydrogen (secondary N) is 1. The molecule has 3 rings (SSSR count). The first-order valence-corrected chi connectivity index (χ1v) is 11.8. The van der Waals surface area contributed by atoms with Gasteiger partial charge >= 0.3 is 6.18 Å². The summed E-state index contributed by atoms with van der Waals surface area (Å²) in [6.07, 6.45) is -3.58. The van der Waals surface area contributed by atoms with E-state index in [0.717, 1.165) is 12.1 Å². The van der Waals surface area contributed by atoms with Gasteiger partial charge in [0.2, 0.25) is 14.8 Å². The van der Waals surface area contributed by atoms with Crippen molar-refractivity contribution in [3.8, 4) is 0 Å². The molecule has 1 aliphatic rings. The fourth-order valence-electron chi connectivity index (χ4n) is 3.29. The monoisotopic (exact) mass is 469 g/mol. The van der Waals surface area contributed by atoms with Crippen molar-refractivity contribution in [2.24, 2.45) is 7.05 Å². The van der Waals surface area contributed by atoms with Gasteiger partial charge in [0.1, 0.15) is 0 Å². The highest BCUT2D eigenvalue weighted by atomic mass is 32.2. The van der Waals surface area contributed by atoms with Gasteiger partial charge in [-0.25, -0.2) is 30.9 Å². The third-order valence-electron chi connectivity index (χ3n) is 4.96. The zero-order valence-corrected chi connectivity index (χ0v) is 17.4. The van der Waals surface area contributed by atoms with Crippen LogP contribution in [-0.2, 0) is 33.1 Å². The van der Waals surface area contributed by atoms with Crippen molar-refractivity contribution in [1.82, 2.24) is 14.3 Å². The van der Waals surface area contributed by atoms with E-state index in [4.69, 9.17) is 0 Å². The van der Waals surface area contributed by atoms with Crippen LogP contribution in [0.2, 0.25) is 0 Å². The maximum absolute atomic E-state index is 15.3. The van der Waals surface area contributed by atoms with Gasteiger partial charge in [-0.15, -0.1) is 0 Å². The first kappa shape index (κ1) is 22.7. The third-order valence-corrected chi connectivity index (χ3v) is 8.61. The summed E-state index contributed by atoms with van der Waals surface area (Å²) in [4.78, 5) is 2.98. The smallest absolute Gasteiger partial charge is 0.339 e. The maximum Gasteiger partial charge on any atom is 0.416 e. The van der Waals surface area contributed by atoms with Gasteiger partial charge in [0.05, 0.1) is 16.8 Å². The Bertz CT molecular complexity index is 1140. The summed E-state index contributed by atoms with van der Waals surface area (Å²) in [6, 6.07) is 2.21. The van der Waals surface area contributed by atoms with Crippen LogP contribution >= 0.6 is 0 Å². The molecular weight excluding hydrogens is 450 g/mol. The molecule has 1 aromatic carbocycles. The van der Waals surface area contributed by atoms with Crippen LogP contribution < -0.4 is 4.72 Å². The molecule has 1 fully saturated rings. The number of aromatic nitrogens is 2. The molecule has 13 heteroatoms. The Balaban J connectivity index is 1.75. The van der Waals surface area contributed by atoms with E-state index >= 15 is 4.39 Å². The molecule has 1 aliphatic carbocycles. The van der Waals surface area contributed by atoms with Crippen LogP contribution in [0.1, 0.15) is 31.2 Å². The second kappa shape index (κ2) is 7.61. The summed E-state index contributed by atoms with van der Waals surface area (Å²) in [5, 5.41) is -3.01. The van der Waals surface area contributed by atoms with Gasteiger partial charge in [-0.05, 0) is 43.9 Å². The summed E-state index contributed by atoms with van der Waals surface area (Å²) >= 11 is 0. The average Bonchev–Trinajstić information content (AvgIpc) is 3.10. The Morgan fingerprint density at radius 2 is 1.80 bits per heavy atom. The van der Waals surface area contributed by atoms with Crippen LogP contribution in [0.3, 0.4) is 0 Å². The van der Waals surface area contributed by atoms with Gasteiger partial charge < -0.3 is 4.57 Å². The Labute approximate surface area is 171 Å². The number of benzene rings is 1. The quantitative estimate of drug-likeness (QED) is 0.679. The van der Waals surface area contributed by atoms with Gasteiger partial charge in [-0.1, -0.05) is 6.07 Å². The molecule has 1 aromatic heterocycles. The standard InChI is InChI=1S/C17H19F4N3O4S2/c1-24-10-15(22-11-24)30(27,28)23-13-5-7-16(18,8-6-13)29(25,26)14-4-2-3-12(9-14)17(19,20)21/h2-4,9-11,13,23H,5-8H2,1H3/t13-,16+. The summed E-state index contributed by atoms with van der Waals surface area (Å²) in [5.74, 6) is 0. The van der Waals surface area contributed by atoms with E-state index in [1.807, 2.05) is 0 Å². The van der Waals surface area contributed by atoms with Gasteiger partial charge in [-0.2, -0.15) is 13.2 Å². The minimum Gasteiger partial charge on any atom is -0.339 e. The number of sulfone groups is 1. The van der Waals surface area contributed by atoms with Gasteiger partial charge in [0, 0.05) is 19.3 Å². The van der Waals surface area contributed by atoms with Crippen molar-refractivity contribution in [2.75, 3.05) is 0 Å².